The molecule has 1 saturated heterocycles. The van der Waals surface area contributed by atoms with Crippen LogP contribution in [-0.4, -0.2) is 36.8 Å². The summed E-state index contributed by atoms with van der Waals surface area (Å²) < 4.78 is 2.27. The molecule has 7 heteroatoms. The summed E-state index contributed by atoms with van der Waals surface area (Å²) in [5.74, 6) is 0.298. The number of anilines is 1. The Bertz CT molecular complexity index is 981. The zero-order valence-electron chi connectivity index (χ0n) is 16.4. The molecule has 0 aliphatic carbocycles. The summed E-state index contributed by atoms with van der Waals surface area (Å²) in [6.45, 7) is 2.47. The molecule has 29 heavy (non-hydrogen) atoms. The Kier molecular flexibility index (Phi) is 6.77. The molecule has 1 aliphatic heterocycles. The van der Waals surface area contributed by atoms with Gasteiger partial charge in [-0.1, -0.05) is 39.4 Å². The van der Waals surface area contributed by atoms with Crippen molar-refractivity contribution >= 4 is 60.3 Å². The number of thiazole rings is 1. The molecule has 1 amide bonds. The molecule has 1 N–H and O–H groups in total. The number of carbonyl (C=O) groups excluding carboxylic acids is 1. The van der Waals surface area contributed by atoms with Crippen LogP contribution in [0.2, 0.25) is 0 Å². The maximum atomic E-state index is 12.6. The number of carbonyl (C=O) groups is 1. The quantitative estimate of drug-likeness (QED) is 0.473. The smallest absolute Gasteiger partial charge is 0.223 e. The number of rotatable bonds is 6. The van der Waals surface area contributed by atoms with Crippen molar-refractivity contribution in [2.24, 2.45) is 5.92 Å². The summed E-state index contributed by atoms with van der Waals surface area (Å²) in [5, 5.41) is 4.19. The largest absolute Gasteiger partial charge is 0.356 e. The van der Waals surface area contributed by atoms with Gasteiger partial charge in [-0.3, -0.25) is 4.79 Å². The van der Waals surface area contributed by atoms with E-state index in [0.717, 1.165) is 47.5 Å². The number of thioether (sulfide) groups is 1. The molecule has 152 valence electrons. The minimum atomic E-state index is 0.105. The molecule has 0 spiro atoms. The lowest BCUT2D eigenvalue weighted by Crippen LogP contribution is -2.41. The van der Waals surface area contributed by atoms with E-state index in [2.05, 4.69) is 62.7 Å². The molecule has 0 atom stereocenters. The van der Waals surface area contributed by atoms with Gasteiger partial charge >= 0.3 is 0 Å². The highest BCUT2D eigenvalue weighted by molar-refractivity contribution is 9.10. The molecule has 1 aromatic heterocycles. The van der Waals surface area contributed by atoms with Gasteiger partial charge in [0.1, 0.15) is 0 Å². The first-order valence-electron chi connectivity index (χ1n) is 9.84. The third-order valence-corrected chi connectivity index (χ3v) is 7.66. The number of hydrogen-bond donors (Lipinski definition) is 1. The Morgan fingerprint density at radius 2 is 2.00 bits per heavy atom. The fourth-order valence-corrected chi connectivity index (χ4v) is 5.60. The molecule has 2 aromatic carbocycles. The van der Waals surface area contributed by atoms with Gasteiger partial charge in [0.05, 0.1) is 10.2 Å². The van der Waals surface area contributed by atoms with E-state index in [-0.39, 0.29) is 11.8 Å². The number of hydrogen-bond acceptors (Lipinski definition) is 5. The molecule has 0 saturated carbocycles. The van der Waals surface area contributed by atoms with Crippen LogP contribution in [0.5, 0.6) is 0 Å². The maximum absolute atomic E-state index is 12.6. The highest BCUT2D eigenvalue weighted by Crippen LogP contribution is 2.33. The number of benzene rings is 2. The van der Waals surface area contributed by atoms with Crippen LogP contribution in [0.15, 0.2) is 51.8 Å². The summed E-state index contributed by atoms with van der Waals surface area (Å²) in [6, 6.07) is 14.8. The molecule has 3 aromatic rings. The first-order valence-corrected chi connectivity index (χ1v) is 12.7. The number of halogens is 1. The van der Waals surface area contributed by atoms with Crippen molar-refractivity contribution in [1.82, 2.24) is 10.3 Å². The number of aromatic nitrogens is 1. The minimum absolute atomic E-state index is 0.105. The van der Waals surface area contributed by atoms with Gasteiger partial charge in [-0.15, -0.1) is 11.8 Å². The van der Waals surface area contributed by atoms with Gasteiger partial charge in [-0.05, 0) is 61.4 Å². The fraction of sp³-hybridized carbons (Fsp3) is 0.364. The van der Waals surface area contributed by atoms with Gasteiger partial charge in [-0.25, -0.2) is 4.98 Å². The van der Waals surface area contributed by atoms with Crippen LogP contribution in [-0.2, 0) is 11.2 Å². The summed E-state index contributed by atoms with van der Waals surface area (Å²) in [4.78, 5) is 20.9. The number of fused-ring (bicyclic) bond motifs is 1. The Hall–Kier alpha value is -1.57. The number of nitrogens with one attached hydrogen (secondary N) is 1. The summed E-state index contributed by atoms with van der Waals surface area (Å²) in [5.41, 5.74) is 2.30. The Labute approximate surface area is 188 Å². The van der Waals surface area contributed by atoms with E-state index in [0.29, 0.717) is 6.54 Å². The Morgan fingerprint density at radius 1 is 1.24 bits per heavy atom. The van der Waals surface area contributed by atoms with Crippen molar-refractivity contribution in [3.8, 4) is 0 Å². The molecule has 0 radical (unpaired) electrons. The zero-order valence-corrected chi connectivity index (χ0v) is 19.6. The molecular formula is C22H24BrN3OS2. The zero-order chi connectivity index (χ0) is 20.2. The monoisotopic (exact) mass is 489 g/mol. The predicted molar refractivity (Wildman–Crippen MR) is 127 cm³/mol. The van der Waals surface area contributed by atoms with Crippen molar-refractivity contribution in [1.29, 1.82) is 0 Å². The Morgan fingerprint density at radius 3 is 2.72 bits per heavy atom. The first-order chi connectivity index (χ1) is 14.1. The third kappa shape index (κ3) is 5.13. The highest BCUT2D eigenvalue weighted by atomic mass is 79.9. The number of piperidine rings is 1. The van der Waals surface area contributed by atoms with Gasteiger partial charge in [0.2, 0.25) is 5.91 Å². The maximum Gasteiger partial charge on any atom is 0.223 e. The van der Waals surface area contributed by atoms with Crippen LogP contribution in [0.4, 0.5) is 5.13 Å². The topological polar surface area (TPSA) is 45.2 Å². The van der Waals surface area contributed by atoms with Crippen LogP contribution in [0.3, 0.4) is 0 Å². The van der Waals surface area contributed by atoms with Crippen LogP contribution in [0, 0.1) is 5.92 Å². The molecule has 4 nitrogen and oxygen atoms in total. The van der Waals surface area contributed by atoms with Gasteiger partial charge in [-0.2, -0.15) is 0 Å². The average Bonchev–Trinajstić information content (AvgIpc) is 3.17. The lowest BCUT2D eigenvalue weighted by Gasteiger charge is -2.31. The van der Waals surface area contributed by atoms with Crippen molar-refractivity contribution in [3.63, 3.8) is 0 Å². The number of amides is 1. The average molecular weight is 490 g/mol. The summed E-state index contributed by atoms with van der Waals surface area (Å²) in [7, 11) is 0. The fourth-order valence-electron chi connectivity index (χ4n) is 3.62. The van der Waals surface area contributed by atoms with Crippen LogP contribution >= 0.6 is 39.0 Å². The third-order valence-electron chi connectivity index (χ3n) is 5.35. The van der Waals surface area contributed by atoms with E-state index in [4.69, 9.17) is 4.98 Å². The second-order valence-corrected chi connectivity index (χ2v) is 10.1. The van der Waals surface area contributed by atoms with Crippen LogP contribution in [0.1, 0.15) is 18.4 Å². The van der Waals surface area contributed by atoms with E-state index < -0.39 is 0 Å². The summed E-state index contributed by atoms with van der Waals surface area (Å²) in [6.07, 6.45) is 4.72. The molecular weight excluding hydrogens is 466 g/mol. The number of nitrogens with zero attached hydrogens (tertiary/aromatic N) is 2. The van der Waals surface area contributed by atoms with E-state index in [1.807, 2.05) is 12.1 Å². The molecule has 4 rings (SSSR count). The normalized spacial score (nSPS) is 15.0. The lowest BCUT2D eigenvalue weighted by atomic mass is 9.96. The molecule has 0 unspecified atom stereocenters. The molecule has 1 aliphatic rings. The van der Waals surface area contributed by atoms with Crippen molar-refractivity contribution in [2.75, 3.05) is 30.8 Å². The molecule has 2 heterocycles. The van der Waals surface area contributed by atoms with Gasteiger partial charge in [0, 0.05) is 34.9 Å². The van der Waals surface area contributed by atoms with E-state index in [9.17, 15) is 4.79 Å². The van der Waals surface area contributed by atoms with Crippen molar-refractivity contribution in [3.05, 3.63) is 52.5 Å². The second kappa shape index (κ2) is 9.49. The Balaban J connectivity index is 1.25. The standard InChI is InChI=1S/C22H24BrN3OS2/c1-28-18-5-2-15(3-6-18)8-11-24-21(27)16-9-12-26(13-10-16)22-25-19-7-4-17(23)14-20(19)29-22/h2-7,14,16H,8-13H2,1H3,(H,24,27). The van der Waals surface area contributed by atoms with Crippen molar-refractivity contribution in [2.45, 2.75) is 24.2 Å². The van der Waals surface area contributed by atoms with Crippen LogP contribution in [0.25, 0.3) is 10.2 Å². The molecule has 1 fully saturated rings. The van der Waals surface area contributed by atoms with Gasteiger partial charge < -0.3 is 10.2 Å². The minimum Gasteiger partial charge on any atom is -0.356 e. The van der Waals surface area contributed by atoms with E-state index in [1.54, 1.807) is 23.1 Å². The summed E-state index contributed by atoms with van der Waals surface area (Å²) >= 11 is 6.99. The SMILES string of the molecule is CSc1ccc(CCNC(=O)C2CCN(c3nc4ccc(Br)cc4s3)CC2)cc1. The lowest BCUT2D eigenvalue weighted by molar-refractivity contribution is -0.125. The van der Waals surface area contributed by atoms with E-state index in [1.165, 1.54) is 15.2 Å². The predicted octanol–water partition coefficient (Wildman–Crippen LogP) is 5.36. The van der Waals surface area contributed by atoms with Crippen LogP contribution < -0.4 is 10.2 Å². The van der Waals surface area contributed by atoms with Gasteiger partial charge in [0.15, 0.2) is 5.13 Å². The second-order valence-electron chi connectivity index (χ2n) is 7.26. The van der Waals surface area contributed by atoms with Crippen molar-refractivity contribution < 1.29 is 4.79 Å². The first kappa shape index (κ1) is 20.7. The molecule has 0 bridgehead atoms. The van der Waals surface area contributed by atoms with Gasteiger partial charge in [0.25, 0.3) is 0 Å². The van der Waals surface area contributed by atoms with E-state index >= 15 is 0 Å². The highest BCUT2D eigenvalue weighted by Gasteiger charge is 2.26.